The van der Waals surface area contributed by atoms with Crippen LogP contribution in [0.1, 0.15) is 34.4 Å². The Bertz CT molecular complexity index is 1330. The van der Waals surface area contributed by atoms with Gasteiger partial charge in [-0.2, -0.15) is 13.2 Å². The largest absolute Gasteiger partial charge is 0.404 e. The van der Waals surface area contributed by atoms with Crippen molar-refractivity contribution in [3.05, 3.63) is 85.7 Å². The molecule has 3 heterocycles. The summed E-state index contributed by atoms with van der Waals surface area (Å²) in [6, 6.07) is 10.3. The first-order valence-corrected chi connectivity index (χ1v) is 11.0. The van der Waals surface area contributed by atoms with Gasteiger partial charge in [0.1, 0.15) is 11.6 Å². The van der Waals surface area contributed by atoms with Gasteiger partial charge in [-0.15, -0.1) is 0 Å². The van der Waals surface area contributed by atoms with E-state index in [2.05, 4.69) is 31.7 Å². The number of aromatic nitrogens is 1. The molecule has 176 valence electrons. The molecule has 1 saturated heterocycles. The lowest BCUT2D eigenvalue weighted by atomic mass is 9.71. The Kier molecular flexibility index (Phi) is 5.06. The van der Waals surface area contributed by atoms with E-state index in [4.69, 9.17) is 4.52 Å². The van der Waals surface area contributed by atoms with E-state index < -0.39 is 51.9 Å². The van der Waals surface area contributed by atoms with Crippen molar-refractivity contribution in [3.63, 3.8) is 0 Å². The second-order valence-electron chi connectivity index (χ2n) is 8.27. The topological polar surface area (TPSA) is 110 Å². The molecule has 0 saturated carbocycles. The van der Waals surface area contributed by atoms with Crippen molar-refractivity contribution >= 4 is 33.2 Å². The molecular formula is C22H16BrF3N4O4. The maximum atomic E-state index is 14.5. The van der Waals surface area contributed by atoms with E-state index in [0.29, 0.717) is 10.2 Å². The number of carbonyl (C=O) groups excluding carboxylic acids is 1. The molecule has 5 rings (SSSR count). The van der Waals surface area contributed by atoms with Crippen molar-refractivity contribution in [1.82, 2.24) is 10.5 Å². The molecule has 1 aromatic heterocycles. The number of halogens is 4. The lowest BCUT2D eigenvalue weighted by Gasteiger charge is -2.29. The third kappa shape index (κ3) is 3.16. The Morgan fingerprint density at radius 3 is 2.62 bits per heavy atom. The summed E-state index contributed by atoms with van der Waals surface area (Å²) < 4.78 is 49.4. The minimum Gasteiger partial charge on any atom is -0.353 e. The number of rotatable bonds is 3. The number of hydrogen-bond acceptors (Lipinski definition) is 6. The van der Waals surface area contributed by atoms with Crippen LogP contribution in [0.2, 0.25) is 0 Å². The van der Waals surface area contributed by atoms with Crippen LogP contribution in [0.25, 0.3) is 0 Å². The Labute approximate surface area is 198 Å². The minimum atomic E-state index is -4.80. The highest BCUT2D eigenvalue weighted by Gasteiger charge is 2.69. The van der Waals surface area contributed by atoms with Gasteiger partial charge in [0, 0.05) is 21.6 Å². The van der Waals surface area contributed by atoms with E-state index in [0.717, 1.165) is 0 Å². The predicted molar refractivity (Wildman–Crippen MR) is 117 cm³/mol. The molecule has 2 N–H and O–H groups in total. The first-order valence-electron chi connectivity index (χ1n) is 10.2. The van der Waals surface area contributed by atoms with E-state index in [1.807, 2.05) is 0 Å². The van der Waals surface area contributed by atoms with Gasteiger partial charge in [0.25, 0.3) is 0 Å². The molecule has 3 aromatic rings. The van der Waals surface area contributed by atoms with Crippen LogP contribution < -0.4 is 10.6 Å². The predicted octanol–water partition coefficient (Wildman–Crippen LogP) is 4.90. The summed E-state index contributed by atoms with van der Waals surface area (Å²) in [5.74, 6) is -4.02. The fraction of sp³-hybridized carbons (Fsp3) is 0.273. The molecule has 2 aliphatic rings. The number of fused-ring (bicyclic) bond motifs is 2. The van der Waals surface area contributed by atoms with Crippen molar-refractivity contribution in [2.45, 2.75) is 36.5 Å². The van der Waals surface area contributed by atoms with Crippen LogP contribution in [-0.4, -0.2) is 28.2 Å². The molecule has 2 aliphatic heterocycles. The molecule has 12 heteroatoms. The first-order chi connectivity index (χ1) is 16.1. The first kappa shape index (κ1) is 22.5. The molecule has 8 nitrogen and oxygen atoms in total. The number of benzene rings is 2. The quantitative estimate of drug-likeness (QED) is 0.363. The van der Waals surface area contributed by atoms with Crippen molar-refractivity contribution in [1.29, 1.82) is 0 Å². The second kappa shape index (κ2) is 7.64. The fourth-order valence-corrected chi connectivity index (χ4v) is 5.59. The Balaban J connectivity index is 1.86. The third-order valence-corrected chi connectivity index (χ3v) is 6.93. The SMILES string of the molecule is Cc1noc([C@@H]2[C@@H](c3cccc(Br)c3)[C@H](C(F)(F)F)N[C@@]23C(=O)Nc2ccccc23)c1[N+](=O)[O-]. The van der Waals surface area contributed by atoms with E-state index in [1.165, 1.54) is 25.1 Å². The molecule has 34 heavy (non-hydrogen) atoms. The average Bonchev–Trinajstić information content (AvgIpc) is 3.40. The maximum absolute atomic E-state index is 14.5. The standard InChI is InChI=1S/C22H16BrF3N4O4/c1-10-17(30(32)33)18(34-29-10)16-15(11-5-4-6-12(23)9-11)19(22(24,25)26)28-21(16)13-7-2-3-8-14(13)27-20(21)31/h2-9,15-16,19,28H,1H3,(H,27,31)/t15-,16+,19-,21-/m1/s1. The summed E-state index contributed by atoms with van der Waals surface area (Å²) in [7, 11) is 0. The molecule has 0 aliphatic carbocycles. The third-order valence-electron chi connectivity index (χ3n) is 6.43. The van der Waals surface area contributed by atoms with Gasteiger partial charge < -0.3 is 9.84 Å². The number of hydrogen-bond donors (Lipinski definition) is 2. The molecule has 2 aromatic carbocycles. The van der Waals surface area contributed by atoms with Crippen LogP contribution in [-0.2, 0) is 10.3 Å². The van der Waals surface area contributed by atoms with Crippen LogP contribution in [0.5, 0.6) is 0 Å². The molecule has 0 unspecified atom stereocenters. The highest BCUT2D eigenvalue weighted by molar-refractivity contribution is 9.10. The normalized spacial score (nSPS) is 26.0. The van der Waals surface area contributed by atoms with E-state index in [1.54, 1.807) is 30.3 Å². The number of nitrogens with one attached hydrogen (secondary N) is 2. The monoisotopic (exact) mass is 536 g/mol. The van der Waals surface area contributed by atoms with Gasteiger partial charge in [0.2, 0.25) is 11.7 Å². The number of para-hydroxylation sites is 1. The van der Waals surface area contributed by atoms with Gasteiger partial charge in [0.15, 0.2) is 5.69 Å². The molecule has 1 amide bonds. The van der Waals surface area contributed by atoms with Crippen LogP contribution >= 0.6 is 15.9 Å². The number of carbonyl (C=O) groups is 1. The molecule has 1 spiro atoms. The Morgan fingerprint density at radius 2 is 1.94 bits per heavy atom. The van der Waals surface area contributed by atoms with Crippen LogP contribution in [0.3, 0.4) is 0 Å². The zero-order valence-corrected chi connectivity index (χ0v) is 19.0. The van der Waals surface area contributed by atoms with E-state index in [-0.39, 0.29) is 16.8 Å². The van der Waals surface area contributed by atoms with E-state index in [9.17, 15) is 28.1 Å². The number of anilines is 1. The highest BCUT2D eigenvalue weighted by Crippen LogP contribution is 2.60. The second-order valence-corrected chi connectivity index (χ2v) is 9.18. The summed E-state index contributed by atoms with van der Waals surface area (Å²) in [5.41, 5.74) is -1.83. The number of nitro groups is 1. The van der Waals surface area contributed by atoms with Gasteiger partial charge >= 0.3 is 11.9 Å². The molecular weight excluding hydrogens is 521 g/mol. The van der Waals surface area contributed by atoms with Crippen LogP contribution in [0.4, 0.5) is 24.5 Å². The maximum Gasteiger partial charge on any atom is 0.404 e. The van der Waals surface area contributed by atoms with Crippen molar-refractivity contribution < 1.29 is 27.4 Å². The molecule has 0 radical (unpaired) electrons. The van der Waals surface area contributed by atoms with Gasteiger partial charge in [-0.3, -0.25) is 20.2 Å². The lowest BCUT2D eigenvalue weighted by molar-refractivity contribution is -0.386. The molecule has 4 atom stereocenters. The molecule has 0 bridgehead atoms. The minimum absolute atomic E-state index is 0.0923. The molecule has 1 fully saturated rings. The summed E-state index contributed by atoms with van der Waals surface area (Å²) in [5, 5.41) is 20.8. The Hall–Kier alpha value is -3.25. The summed E-state index contributed by atoms with van der Waals surface area (Å²) in [4.78, 5) is 24.6. The summed E-state index contributed by atoms with van der Waals surface area (Å²) >= 11 is 3.29. The van der Waals surface area contributed by atoms with E-state index >= 15 is 0 Å². The highest BCUT2D eigenvalue weighted by atomic mass is 79.9. The lowest BCUT2D eigenvalue weighted by Crippen LogP contribution is -2.52. The fourth-order valence-electron chi connectivity index (χ4n) is 5.17. The summed E-state index contributed by atoms with van der Waals surface area (Å²) in [6.45, 7) is 1.33. The van der Waals surface area contributed by atoms with Crippen molar-refractivity contribution in [2.24, 2.45) is 0 Å². The van der Waals surface area contributed by atoms with Crippen LogP contribution in [0.15, 0.2) is 57.5 Å². The Morgan fingerprint density at radius 1 is 1.21 bits per heavy atom. The number of nitrogens with zero attached hydrogens (tertiary/aromatic N) is 2. The van der Waals surface area contributed by atoms with Crippen molar-refractivity contribution in [2.75, 3.05) is 5.32 Å². The van der Waals surface area contributed by atoms with Crippen LogP contribution in [0, 0.1) is 17.0 Å². The zero-order valence-electron chi connectivity index (χ0n) is 17.4. The van der Waals surface area contributed by atoms with Gasteiger partial charge in [-0.05, 0) is 30.7 Å². The van der Waals surface area contributed by atoms with Gasteiger partial charge in [-0.1, -0.05) is 51.4 Å². The number of alkyl halides is 3. The smallest absolute Gasteiger partial charge is 0.353 e. The number of amides is 1. The number of aryl methyl sites for hydroxylation is 1. The van der Waals surface area contributed by atoms with Gasteiger partial charge in [-0.25, -0.2) is 0 Å². The average molecular weight is 537 g/mol. The van der Waals surface area contributed by atoms with Gasteiger partial charge in [0.05, 0.1) is 10.8 Å². The zero-order chi connectivity index (χ0) is 24.4. The van der Waals surface area contributed by atoms with Crippen molar-refractivity contribution in [3.8, 4) is 0 Å². The summed E-state index contributed by atoms with van der Waals surface area (Å²) in [6.07, 6.45) is -4.80.